The van der Waals surface area contributed by atoms with Gasteiger partial charge in [-0.3, -0.25) is 0 Å². The second-order valence-electron chi connectivity index (χ2n) is 4.07. The third-order valence-electron chi connectivity index (χ3n) is 2.54. The quantitative estimate of drug-likeness (QED) is 0.786. The van der Waals surface area contributed by atoms with Gasteiger partial charge in [-0.1, -0.05) is 0 Å². The minimum absolute atomic E-state index is 0.120. The van der Waals surface area contributed by atoms with Gasteiger partial charge < -0.3 is 14.5 Å². The van der Waals surface area contributed by atoms with E-state index in [0.717, 1.165) is 12.0 Å². The zero-order valence-corrected chi connectivity index (χ0v) is 9.33. The second-order valence-corrected chi connectivity index (χ2v) is 4.07. The molecule has 0 aromatic carbocycles. The molecule has 3 nitrogen and oxygen atoms in total. The molecule has 1 atom stereocenters. The van der Waals surface area contributed by atoms with E-state index in [2.05, 4.69) is 19.2 Å². The maximum Gasteiger partial charge on any atom is 0.0950 e. The topological polar surface area (TPSA) is 34.4 Å². The molecule has 80 valence electrons. The van der Waals surface area contributed by atoms with Crippen molar-refractivity contribution in [3.05, 3.63) is 24.2 Å². The normalized spacial score (nSPS) is 14.3. The molecule has 0 fully saturated rings. The van der Waals surface area contributed by atoms with E-state index in [1.54, 1.807) is 19.6 Å². The largest absolute Gasteiger partial charge is 0.472 e. The number of hydrogen-bond donors (Lipinski definition) is 1. The average Bonchev–Trinajstić information content (AvgIpc) is 2.67. The van der Waals surface area contributed by atoms with E-state index in [1.165, 1.54) is 0 Å². The molecule has 1 unspecified atom stereocenters. The zero-order chi connectivity index (χ0) is 10.6. The molecule has 1 N–H and O–H groups in total. The summed E-state index contributed by atoms with van der Waals surface area (Å²) in [6, 6.07) is 2.26. The highest BCUT2D eigenvalue weighted by atomic mass is 16.5. The third kappa shape index (κ3) is 2.86. The van der Waals surface area contributed by atoms with Gasteiger partial charge >= 0.3 is 0 Å². The van der Waals surface area contributed by atoms with Crippen LogP contribution in [0.1, 0.15) is 31.9 Å². The van der Waals surface area contributed by atoms with Crippen LogP contribution in [0.25, 0.3) is 0 Å². The smallest absolute Gasteiger partial charge is 0.0950 e. The Morgan fingerprint density at radius 2 is 2.29 bits per heavy atom. The van der Waals surface area contributed by atoms with Crippen LogP contribution in [0.2, 0.25) is 0 Å². The van der Waals surface area contributed by atoms with Gasteiger partial charge in [0.2, 0.25) is 0 Å². The van der Waals surface area contributed by atoms with Gasteiger partial charge in [-0.15, -0.1) is 0 Å². The van der Waals surface area contributed by atoms with E-state index in [1.807, 2.05) is 13.1 Å². The van der Waals surface area contributed by atoms with Gasteiger partial charge in [-0.05, 0) is 33.4 Å². The summed E-state index contributed by atoms with van der Waals surface area (Å²) in [7, 11) is 3.69. The van der Waals surface area contributed by atoms with Crippen molar-refractivity contribution in [3.8, 4) is 0 Å². The van der Waals surface area contributed by atoms with Crippen molar-refractivity contribution in [2.75, 3.05) is 14.2 Å². The lowest BCUT2D eigenvalue weighted by Crippen LogP contribution is -2.30. The van der Waals surface area contributed by atoms with E-state index >= 15 is 0 Å². The number of hydrogen-bond acceptors (Lipinski definition) is 3. The van der Waals surface area contributed by atoms with Crippen molar-refractivity contribution < 1.29 is 9.15 Å². The first kappa shape index (κ1) is 11.3. The molecule has 1 aromatic heterocycles. The Hall–Kier alpha value is -0.800. The first-order valence-electron chi connectivity index (χ1n) is 4.83. The maximum absolute atomic E-state index is 5.40. The summed E-state index contributed by atoms with van der Waals surface area (Å²) in [5, 5.41) is 3.25. The van der Waals surface area contributed by atoms with Crippen molar-refractivity contribution in [3.63, 3.8) is 0 Å². The second kappa shape index (κ2) is 4.62. The lowest BCUT2D eigenvalue weighted by Gasteiger charge is -2.27. The summed E-state index contributed by atoms with van der Waals surface area (Å²) in [6.45, 7) is 4.16. The molecule has 0 aliphatic carbocycles. The molecule has 0 saturated carbocycles. The van der Waals surface area contributed by atoms with Gasteiger partial charge in [0.05, 0.1) is 18.1 Å². The predicted octanol–water partition coefficient (Wildman–Crippen LogP) is 2.36. The van der Waals surface area contributed by atoms with Crippen LogP contribution in [0.15, 0.2) is 23.0 Å². The molecule has 0 radical (unpaired) electrons. The van der Waals surface area contributed by atoms with Crippen LogP contribution in [0.4, 0.5) is 0 Å². The molecule has 0 saturated heterocycles. The summed E-state index contributed by atoms with van der Waals surface area (Å²) in [5.74, 6) is 0. The molecule has 1 aromatic rings. The van der Waals surface area contributed by atoms with Gasteiger partial charge in [-0.2, -0.15) is 0 Å². The van der Waals surface area contributed by atoms with E-state index in [9.17, 15) is 0 Å². The molecule has 0 spiro atoms. The highest BCUT2D eigenvalue weighted by molar-refractivity contribution is 5.12. The van der Waals surface area contributed by atoms with E-state index < -0.39 is 0 Å². The highest BCUT2D eigenvalue weighted by Crippen LogP contribution is 2.25. The summed E-state index contributed by atoms with van der Waals surface area (Å²) >= 11 is 0. The van der Waals surface area contributed by atoms with Crippen molar-refractivity contribution in [1.82, 2.24) is 5.32 Å². The van der Waals surface area contributed by atoms with Crippen molar-refractivity contribution in [2.24, 2.45) is 0 Å². The number of furan rings is 1. The van der Waals surface area contributed by atoms with Crippen LogP contribution < -0.4 is 5.32 Å². The van der Waals surface area contributed by atoms with Crippen LogP contribution in [0.3, 0.4) is 0 Å². The van der Waals surface area contributed by atoms with Gasteiger partial charge in [0, 0.05) is 18.7 Å². The Kier molecular flexibility index (Phi) is 3.72. The predicted molar refractivity (Wildman–Crippen MR) is 56.2 cm³/mol. The van der Waals surface area contributed by atoms with E-state index in [0.29, 0.717) is 0 Å². The fourth-order valence-electron chi connectivity index (χ4n) is 1.43. The fraction of sp³-hybridized carbons (Fsp3) is 0.636. The molecule has 0 bridgehead atoms. The molecule has 0 aliphatic rings. The lowest BCUT2D eigenvalue weighted by atomic mass is 9.95. The van der Waals surface area contributed by atoms with Crippen LogP contribution in [-0.4, -0.2) is 19.8 Å². The SMILES string of the molecule is CNC(CC(C)(C)OC)c1ccoc1. The van der Waals surface area contributed by atoms with E-state index in [-0.39, 0.29) is 11.6 Å². The van der Waals surface area contributed by atoms with Gasteiger partial charge in [-0.25, -0.2) is 0 Å². The maximum atomic E-state index is 5.40. The molecule has 0 aliphatic heterocycles. The molecule has 1 rings (SSSR count). The van der Waals surface area contributed by atoms with Crippen LogP contribution in [0.5, 0.6) is 0 Å². The Morgan fingerprint density at radius 1 is 1.57 bits per heavy atom. The number of nitrogens with one attached hydrogen (secondary N) is 1. The molecule has 0 amide bonds. The Morgan fingerprint density at radius 3 is 2.71 bits per heavy atom. The van der Waals surface area contributed by atoms with E-state index in [4.69, 9.17) is 9.15 Å². The Balaban J connectivity index is 2.65. The van der Waals surface area contributed by atoms with Crippen LogP contribution in [0, 0.1) is 0 Å². The standard InChI is InChI=1S/C11H19NO2/c1-11(2,13-4)7-10(12-3)9-5-6-14-8-9/h5-6,8,10,12H,7H2,1-4H3. The first-order chi connectivity index (χ1) is 6.59. The molecule has 14 heavy (non-hydrogen) atoms. The van der Waals surface area contributed by atoms with Crippen molar-refractivity contribution >= 4 is 0 Å². The summed E-state index contributed by atoms with van der Waals surface area (Å²) in [5.41, 5.74) is 1.04. The Bertz CT molecular complexity index is 254. The molecular weight excluding hydrogens is 178 g/mol. The number of ether oxygens (including phenoxy) is 1. The number of methoxy groups -OCH3 is 1. The fourth-order valence-corrected chi connectivity index (χ4v) is 1.43. The summed E-state index contributed by atoms with van der Waals surface area (Å²) < 4.78 is 10.5. The minimum Gasteiger partial charge on any atom is -0.472 e. The molecule has 3 heteroatoms. The van der Waals surface area contributed by atoms with Crippen LogP contribution >= 0.6 is 0 Å². The monoisotopic (exact) mass is 197 g/mol. The van der Waals surface area contributed by atoms with Crippen molar-refractivity contribution in [1.29, 1.82) is 0 Å². The zero-order valence-electron chi connectivity index (χ0n) is 9.33. The lowest BCUT2D eigenvalue weighted by molar-refractivity contribution is 0.00741. The van der Waals surface area contributed by atoms with Gasteiger partial charge in [0.25, 0.3) is 0 Å². The molecular formula is C11H19NO2. The Labute approximate surface area is 85.4 Å². The molecule has 1 heterocycles. The first-order valence-corrected chi connectivity index (χ1v) is 4.83. The number of rotatable bonds is 5. The minimum atomic E-state index is -0.120. The summed E-state index contributed by atoms with van der Waals surface area (Å²) in [4.78, 5) is 0. The van der Waals surface area contributed by atoms with Gasteiger partial charge in [0.1, 0.15) is 0 Å². The van der Waals surface area contributed by atoms with Crippen LogP contribution in [-0.2, 0) is 4.74 Å². The average molecular weight is 197 g/mol. The third-order valence-corrected chi connectivity index (χ3v) is 2.54. The highest BCUT2D eigenvalue weighted by Gasteiger charge is 2.23. The van der Waals surface area contributed by atoms with Crippen molar-refractivity contribution in [2.45, 2.75) is 31.9 Å². The summed E-state index contributed by atoms with van der Waals surface area (Å²) in [6.07, 6.45) is 4.38. The van der Waals surface area contributed by atoms with Gasteiger partial charge in [0.15, 0.2) is 0 Å².